The van der Waals surface area contributed by atoms with Crippen molar-refractivity contribution < 1.29 is 33.7 Å². The van der Waals surface area contributed by atoms with E-state index in [2.05, 4.69) is 0 Å². The monoisotopic (exact) mass is 306 g/mol. The predicted octanol–water partition coefficient (Wildman–Crippen LogP) is 4.61. The van der Waals surface area contributed by atoms with Crippen molar-refractivity contribution in [2.75, 3.05) is 0 Å². The van der Waals surface area contributed by atoms with E-state index in [1.165, 1.54) is 0 Å². The van der Waals surface area contributed by atoms with Gasteiger partial charge in [-0.2, -0.15) is 0 Å². The zero-order valence-corrected chi connectivity index (χ0v) is 9.94. The topological polar surface area (TPSA) is 37.3 Å². The highest BCUT2D eigenvalue weighted by Gasteiger charge is 2.66. The molecular weight excluding hydrogens is 298 g/mol. The predicted molar refractivity (Wildman–Crippen MR) is 56.4 cm³/mol. The van der Waals surface area contributed by atoms with E-state index in [0.29, 0.717) is 12.1 Å². The first-order chi connectivity index (χ1) is 8.24. The highest BCUT2D eigenvalue weighted by atomic mass is 32.5. The third-order valence-electron chi connectivity index (χ3n) is 2.97. The number of benzene rings is 1. The minimum absolute atomic E-state index is 0.0788. The zero-order chi connectivity index (χ0) is 14.8. The largest absolute Gasteiger partial charge is 0.481 e. The molecule has 0 bridgehead atoms. The Kier molecular flexibility index (Phi) is 2.23. The number of alkyl halides is 1. The van der Waals surface area contributed by atoms with Crippen molar-refractivity contribution in [1.29, 1.82) is 0 Å². The lowest BCUT2D eigenvalue weighted by Gasteiger charge is -2.40. The zero-order valence-electron chi connectivity index (χ0n) is 9.13. The molecule has 1 fully saturated rings. The van der Waals surface area contributed by atoms with Crippen LogP contribution in [0, 0.1) is 5.92 Å². The molecule has 19 heavy (non-hydrogen) atoms. The molecule has 1 N–H and O–H groups in total. The summed E-state index contributed by atoms with van der Waals surface area (Å²) in [6, 6.07) is 1.26. The number of carboxylic acids is 1. The van der Waals surface area contributed by atoms with Crippen molar-refractivity contribution >= 4 is 16.2 Å². The van der Waals surface area contributed by atoms with Gasteiger partial charge in [-0.3, -0.25) is 4.79 Å². The summed E-state index contributed by atoms with van der Waals surface area (Å²) in [7, 11) is -9.78. The highest BCUT2D eigenvalue weighted by Crippen LogP contribution is 3.02. The highest BCUT2D eigenvalue weighted by molar-refractivity contribution is 8.45. The summed E-state index contributed by atoms with van der Waals surface area (Å²) in [4.78, 5) is 8.42. The number of halogens is 6. The van der Waals surface area contributed by atoms with Gasteiger partial charge in [0.2, 0.25) is 0 Å². The molecular formula is C10H8F6O2S. The number of hydrogen-bond donors (Lipinski definition) is 1. The third-order valence-corrected chi connectivity index (χ3v) is 4.13. The second-order valence-corrected chi connectivity index (χ2v) is 6.86. The lowest BCUT2D eigenvalue weighted by Crippen LogP contribution is -2.11. The van der Waals surface area contributed by atoms with Crippen LogP contribution >= 0.6 is 10.2 Å². The molecule has 9 heteroatoms. The third kappa shape index (κ3) is 2.51. The van der Waals surface area contributed by atoms with Crippen LogP contribution in [0.1, 0.15) is 12.0 Å². The van der Waals surface area contributed by atoms with E-state index in [-0.39, 0.29) is 24.1 Å². The van der Waals surface area contributed by atoms with Crippen LogP contribution in [0.2, 0.25) is 0 Å². The molecule has 0 spiro atoms. The summed E-state index contributed by atoms with van der Waals surface area (Å²) < 4.78 is 76.0. The van der Waals surface area contributed by atoms with Crippen LogP contribution in [0.5, 0.6) is 0 Å². The first-order valence-corrected chi connectivity index (χ1v) is 6.95. The van der Waals surface area contributed by atoms with Gasteiger partial charge in [-0.1, -0.05) is 31.6 Å². The first-order valence-electron chi connectivity index (χ1n) is 5.00. The van der Waals surface area contributed by atoms with E-state index in [9.17, 15) is 28.6 Å². The molecule has 1 aliphatic rings. The summed E-state index contributed by atoms with van der Waals surface area (Å²) >= 11 is 0. The van der Waals surface area contributed by atoms with E-state index in [4.69, 9.17) is 5.11 Å². The Morgan fingerprint density at radius 1 is 1.16 bits per heavy atom. The Labute approximate surface area is 103 Å². The molecule has 2 atom stereocenters. The Morgan fingerprint density at radius 3 is 1.95 bits per heavy atom. The van der Waals surface area contributed by atoms with Gasteiger partial charge in [0.05, 0.1) is 5.92 Å². The smallest absolute Gasteiger partial charge is 0.310 e. The first kappa shape index (κ1) is 14.0. The van der Waals surface area contributed by atoms with Crippen LogP contribution < -0.4 is 0 Å². The molecule has 1 aliphatic carbocycles. The molecule has 1 aromatic carbocycles. The molecule has 1 saturated carbocycles. The molecule has 1 aromatic rings. The Bertz CT molecular complexity index is 551. The lowest BCUT2D eigenvalue weighted by molar-refractivity contribution is -0.139. The van der Waals surface area contributed by atoms with Gasteiger partial charge < -0.3 is 5.11 Å². The number of hydrogen-bond acceptors (Lipinski definition) is 1. The van der Waals surface area contributed by atoms with Crippen LogP contribution in [-0.2, 0) is 10.5 Å². The Balaban J connectivity index is 2.35. The van der Waals surface area contributed by atoms with Crippen LogP contribution in [0.15, 0.2) is 29.2 Å². The average molecular weight is 306 g/mol. The van der Waals surface area contributed by atoms with Gasteiger partial charge in [-0.05, 0) is 17.7 Å². The maximum Gasteiger partial charge on any atom is 0.310 e. The molecule has 0 aromatic heterocycles. The van der Waals surface area contributed by atoms with Crippen molar-refractivity contribution in [2.45, 2.75) is 17.0 Å². The van der Waals surface area contributed by atoms with Gasteiger partial charge in [-0.25, -0.2) is 4.39 Å². The van der Waals surface area contributed by atoms with Crippen molar-refractivity contribution in [3.8, 4) is 0 Å². The summed E-state index contributed by atoms with van der Waals surface area (Å²) in [5.74, 6) is -2.77. The Morgan fingerprint density at radius 2 is 1.63 bits per heavy atom. The summed E-state index contributed by atoms with van der Waals surface area (Å²) in [5, 5.41) is 8.58. The minimum atomic E-state index is -9.78. The number of carboxylic acid groups (broad SMARTS) is 1. The average Bonchev–Trinajstić information content (AvgIpc) is 2.90. The lowest BCUT2D eigenvalue weighted by atomic mass is 10.1. The van der Waals surface area contributed by atoms with Gasteiger partial charge in [0.15, 0.2) is 0 Å². The van der Waals surface area contributed by atoms with Crippen molar-refractivity contribution in [2.24, 2.45) is 5.92 Å². The fraction of sp³-hybridized carbons (Fsp3) is 0.300. The second kappa shape index (κ2) is 3.02. The number of carbonyl (C=O) groups is 1. The van der Waals surface area contributed by atoms with E-state index >= 15 is 0 Å². The molecule has 0 radical (unpaired) electrons. The van der Waals surface area contributed by atoms with E-state index in [1.807, 2.05) is 0 Å². The fourth-order valence-corrected chi connectivity index (χ4v) is 2.48. The molecule has 0 aliphatic heterocycles. The van der Waals surface area contributed by atoms with Gasteiger partial charge in [-0.15, -0.1) is 0 Å². The molecule has 2 rings (SSSR count). The summed E-state index contributed by atoms with van der Waals surface area (Å²) in [6.45, 7) is 0. The van der Waals surface area contributed by atoms with Crippen molar-refractivity contribution in [3.63, 3.8) is 0 Å². The van der Waals surface area contributed by atoms with Gasteiger partial charge in [0.25, 0.3) is 0 Å². The maximum absolute atomic E-state index is 13.9. The molecule has 0 saturated heterocycles. The quantitative estimate of drug-likeness (QED) is 0.828. The minimum Gasteiger partial charge on any atom is -0.481 e. The van der Waals surface area contributed by atoms with Crippen LogP contribution in [0.4, 0.5) is 23.8 Å². The maximum atomic E-state index is 13.9. The SMILES string of the molecule is O=C(O)[C@@H]1C[C@]1(F)c1ccc(S(F)(F)(F)(F)F)cc1. The summed E-state index contributed by atoms with van der Waals surface area (Å²) in [6.07, 6.45) is -0.377. The number of aliphatic carboxylic acids is 1. The van der Waals surface area contributed by atoms with Gasteiger partial charge in [0, 0.05) is 6.42 Å². The van der Waals surface area contributed by atoms with E-state index in [0.717, 1.165) is 0 Å². The van der Waals surface area contributed by atoms with Crippen LogP contribution in [0.25, 0.3) is 0 Å². The molecule has 2 nitrogen and oxygen atoms in total. The Hall–Kier alpha value is -1.38. The van der Waals surface area contributed by atoms with Crippen molar-refractivity contribution in [1.82, 2.24) is 0 Å². The van der Waals surface area contributed by atoms with Gasteiger partial charge in [0.1, 0.15) is 10.6 Å². The van der Waals surface area contributed by atoms with Crippen LogP contribution in [0.3, 0.4) is 0 Å². The molecule has 0 amide bonds. The van der Waals surface area contributed by atoms with E-state index in [1.54, 1.807) is 0 Å². The molecule has 0 unspecified atom stereocenters. The van der Waals surface area contributed by atoms with Crippen LogP contribution in [-0.4, -0.2) is 11.1 Å². The number of rotatable bonds is 3. The van der Waals surface area contributed by atoms with Crippen molar-refractivity contribution in [3.05, 3.63) is 29.8 Å². The van der Waals surface area contributed by atoms with E-state index < -0.39 is 32.7 Å². The standard InChI is InChI=1S/C10H8F6O2S/c11-10(5-8(10)9(17)18)6-1-3-7(4-2-6)19(12,13,14,15)16/h1-4,8H,5H2,(H,17,18)/t8-,10-/m0/s1. The summed E-state index contributed by atoms with van der Waals surface area (Å²) in [5.41, 5.74) is -2.62. The second-order valence-electron chi connectivity index (χ2n) is 4.45. The molecule has 0 heterocycles. The normalized spacial score (nSPS) is 30.3. The van der Waals surface area contributed by atoms with Gasteiger partial charge >= 0.3 is 16.2 Å². The molecule has 108 valence electrons. The fourth-order valence-electron chi connectivity index (χ4n) is 1.83.